The standard InChI is InChI=1S/C22H20F5NO2/c1-3-7-15(30-19-11-5-4-8-16(19)22(25,26)27)13-12-14(2)28-21(29)20-17(23)9-6-10-18(20)24/h4-6,8-13H,3,7H2,1-2H3,(H,28,29). The van der Waals surface area contributed by atoms with Crippen molar-refractivity contribution in [3.63, 3.8) is 0 Å². The van der Waals surface area contributed by atoms with Crippen molar-refractivity contribution >= 4 is 5.91 Å². The summed E-state index contributed by atoms with van der Waals surface area (Å²) < 4.78 is 72.3. The van der Waals surface area contributed by atoms with Crippen molar-refractivity contribution in [3.05, 3.63) is 88.8 Å². The molecule has 0 radical (unpaired) electrons. The molecular weight excluding hydrogens is 405 g/mol. The molecule has 8 heteroatoms. The molecule has 0 aromatic heterocycles. The Balaban J connectivity index is 2.21. The Morgan fingerprint density at radius 3 is 2.27 bits per heavy atom. The highest BCUT2D eigenvalue weighted by atomic mass is 19.4. The number of halogens is 5. The van der Waals surface area contributed by atoms with Crippen LogP contribution in [0.3, 0.4) is 0 Å². The number of carbonyl (C=O) groups is 1. The predicted octanol–water partition coefficient (Wildman–Crippen LogP) is 6.38. The van der Waals surface area contributed by atoms with E-state index in [1.54, 1.807) is 0 Å². The number of rotatable bonds is 7. The van der Waals surface area contributed by atoms with Crippen LogP contribution in [0.2, 0.25) is 0 Å². The molecule has 0 saturated carbocycles. The van der Waals surface area contributed by atoms with E-state index in [9.17, 15) is 26.7 Å². The molecule has 0 bridgehead atoms. The second kappa shape index (κ2) is 10.0. The molecule has 1 N–H and O–H groups in total. The topological polar surface area (TPSA) is 38.3 Å². The van der Waals surface area contributed by atoms with E-state index in [0.717, 1.165) is 24.3 Å². The first-order valence-electron chi connectivity index (χ1n) is 9.10. The van der Waals surface area contributed by atoms with Gasteiger partial charge in [-0.2, -0.15) is 13.2 Å². The van der Waals surface area contributed by atoms with Gasteiger partial charge in [0.05, 0.1) is 5.56 Å². The Hall–Kier alpha value is -3.16. The smallest absolute Gasteiger partial charge is 0.419 e. The van der Waals surface area contributed by atoms with Crippen molar-refractivity contribution < 1.29 is 31.5 Å². The highest BCUT2D eigenvalue weighted by molar-refractivity contribution is 5.95. The molecule has 2 rings (SSSR count). The average Bonchev–Trinajstić information content (AvgIpc) is 2.65. The summed E-state index contributed by atoms with van der Waals surface area (Å²) in [6, 6.07) is 7.89. The summed E-state index contributed by atoms with van der Waals surface area (Å²) in [4.78, 5) is 12.1. The van der Waals surface area contributed by atoms with Crippen molar-refractivity contribution in [3.8, 4) is 5.75 Å². The molecule has 0 fully saturated rings. The lowest BCUT2D eigenvalue weighted by Crippen LogP contribution is -2.23. The number of hydrogen-bond acceptors (Lipinski definition) is 2. The van der Waals surface area contributed by atoms with Gasteiger partial charge in [0, 0.05) is 12.1 Å². The van der Waals surface area contributed by atoms with Gasteiger partial charge < -0.3 is 10.1 Å². The molecule has 0 atom stereocenters. The van der Waals surface area contributed by atoms with Crippen LogP contribution in [0.1, 0.15) is 42.6 Å². The van der Waals surface area contributed by atoms with E-state index in [1.807, 2.05) is 6.92 Å². The molecule has 0 aliphatic rings. The van der Waals surface area contributed by atoms with E-state index in [0.29, 0.717) is 12.8 Å². The third kappa shape index (κ3) is 6.17. The zero-order chi connectivity index (χ0) is 22.3. The molecule has 2 aromatic carbocycles. The fourth-order valence-electron chi connectivity index (χ4n) is 2.56. The second-order valence-corrected chi connectivity index (χ2v) is 6.38. The Kier molecular flexibility index (Phi) is 7.74. The van der Waals surface area contributed by atoms with Crippen LogP contribution in [0.4, 0.5) is 22.0 Å². The van der Waals surface area contributed by atoms with Crippen LogP contribution in [0.25, 0.3) is 0 Å². The Morgan fingerprint density at radius 1 is 1.03 bits per heavy atom. The minimum atomic E-state index is -4.57. The van der Waals surface area contributed by atoms with E-state index in [1.165, 1.54) is 37.3 Å². The molecular formula is C22H20F5NO2. The SMILES string of the molecule is CCCC(=CC=C(C)NC(=O)c1c(F)cccc1F)Oc1ccccc1C(F)(F)F. The number of alkyl halides is 3. The summed E-state index contributed by atoms with van der Waals surface area (Å²) in [6.07, 6.45) is -0.842. The zero-order valence-corrected chi connectivity index (χ0v) is 16.3. The van der Waals surface area contributed by atoms with Gasteiger partial charge >= 0.3 is 6.18 Å². The molecule has 160 valence electrons. The molecule has 0 spiro atoms. The molecule has 30 heavy (non-hydrogen) atoms. The summed E-state index contributed by atoms with van der Waals surface area (Å²) >= 11 is 0. The highest BCUT2D eigenvalue weighted by Crippen LogP contribution is 2.36. The first-order valence-corrected chi connectivity index (χ1v) is 9.10. The van der Waals surface area contributed by atoms with Gasteiger partial charge in [-0.15, -0.1) is 0 Å². The number of ether oxygens (including phenoxy) is 1. The lowest BCUT2D eigenvalue weighted by molar-refractivity contribution is -0.138. The number of benzene rings is 2. The van der Waals surface area contributed by atoms with Crippen LogP contribution in [0.15, 0.2) is 66.1 Å². The van der Waals surface area contributed by atoms with Gasteiger partial charge in [-0.05, 0) is 49.8 Å². The summed E-state index contributed by atoms with van der Waals surface area (Å²) in [5.74, 6) is -3.09. The Labute approximate surface area is 170 Å². The minimum Gasteiger partial charge on any atom is -0.461 e. The van der Waals surface area contributed by atoms with Crippen LogP contribution in [0.5, 0.6) is 5.75 Å². The fourth-order valence-corrected chi connectivity index (χ4v) is 2.56. The van der Waals surface area contributed by atoms with E-state index >= 15 is 0 Å². The van der Waals surface area contributed by atoms with Crippen molar-refractivity contribution in [2.75, 3.05) is 0 Å². The van der Waals surface area contributed by atoms with Crippen molar-refractivity contribution in [2.24, 2.45) is 0 Å². The molecule has 0 heterocycles. The molecule has 1 amide bonds. The van der Waals surface area contributed by atoms with Crippen molar-refractivity contribution in [1.82, 2.24) is 5.32 Å². The summed E-state index contributed by atoms with van der Waals surface area (Å²) in [6.45, 7) is 3.30. The third-order valence-corrected chi connectivity index (χ3v) is 3.95. The zero-order valence-electron chi connectivity index (χ0n) is 16.3. The summed E-state index contributed by atoms with van der Waals surface area (Å²) in [5, 5.41) is 2.34. The Bertz CT molecular complexity index is 944. The number of para-hydroxylation sites is 1. The lowest BCUT2D eigenvalue weighted by atomic mass is 10.1. The highest BCUT2D eigenvalue weighted by Gasteiger charge is 2.34. The largest absolute Gasteiger partial charge is 0.461 e. The first-order chi connectivity index (χ1) is 14.1. The van der Waals surface area contributed by atoms with E-state index in [2.05, 4.69) is 5.32 Å². The van der Waals surface area contributed by atoms with Crippen LogP contribution < -0.4 is 10.1 Å². The molecule has 0 aliphatic heterocycles. The molecule has 2 aromatic rings. The summed E-state index contributed by atoms with van der Waals surface area (Å²) in [7, 11) is 0. The Morgan fingerprint density at radius 2 is 1.67 bits per heavy atom. The first kappa shape index (κ1) is 23.1. The molecule has 0 aliphatic carbocycles. The van der Waals surface area contributed by atoms with Crippen molar-refractivity contribution in [2.45, 2.75) is 32.9 Å². The number of nitrogens with one attached hydrogen (secondary N) is 1. The van der Waals surface area contributed by atoms with Gasteiger partial charge in [-0.25, -0.2) is 8.78 Å². The second-order valence-electron chi connectivity index (χ2n) is 6.38. The normalized spacial score (nSPS) is 12.6. The van der Waals surface area contributed by atoms with Gasteiger partial charge in [-0.3, -0.25) is 4.79 Å². The third-order valence-electron chi connectivity index (χ3n) is 3.95. The maximum atomic E-state index is 13.7. The molecule has 0 saturated heterocycles. The van der Waals surface area contributed by atoms with E-state index in [-0.39, 0.29) is 17.2 Å². The monoisotopic (exact) mass is 425 g/mol. The van der Waals surface area contributed by atoms with Crippen LogP contribution in [0, 0.1) is 11.6 Å². The lowest BCUT2D eigenvalue weighted by Gasteiger charge is -2.15. The van der Waals surface area contributed by atoms with Gasteiger partial charge in [0.1, 0.15) is 28.7 Å². The number of hydrogen-bond donors (Lipinski definition) is 1. The molecule has 3 nitrogen and oxygen atoms in total. The van der Waals surface area contributed by atoms with Crippen LogP contribution in [-0.4, -0.2) is 5.91 Å². The maximum Gasteiger partial charge on any atom is 0.419 e. The van der Waals surface area contributed by atoms with Gasteiger partial charge in [0.2, 0.25) is 0 Å². The average molecular weight is 425 g/mol. The number of carbonyl (C=O) groups excluding carboxylic acids is 1. The maximum absolute atomic E-state index is 13.7. The van der Waals surface area contributed by atoms with E-state index in [4.69, 9.17) is 4.74 Å². The summed E-state index contributed by atoms with van der Waals surface area (Å²) in [5.41, 5.74) is -1.40. The van der Waals surface area contributed by atoms with Crippen molar-refractivity contribution in [1.29, 1.82) is 0 Å². The minimum absolute atomic E-state index is 0.226. The van der Waals surface area contributed by atoms with Gasteiger partial charge in [0.25, 0.3) is 5.91 Å². The van der Waals surface area contributed by atoms with Gasteiger partial charge in [-0.1, -0.05) is 25.1 Å². The van der Waals surface area contributed by atoms with Crippen LogP contribution >= 0.6 is 0 Å². The predicted molar refractivity (Wildman–Crippen MR) is 103 cm³/mol. The quantitative estimate of drug-likeness (QED) is 0.318. The molecule has 0 unspecified atom stereocenters. The fraction of sp³-hybridized carbons (Fsp3) is 0.227. The number of amides is 1. The van der Waals surface area contributed by atoms with Gasteiger partial charge in [0.15, 0.2) is 0 Å². The number of allylic oxidation sites excluding steroid dienone is 4. The van der Waals surface area contributed by atoms with Crippen LogP contribution in [-0.2, 0) is 6.18 Å². The van der Waals surface area contributed by atoms with E-state index < -0.39 is 34.8 Å².